The number of anilines is 1. The van der Waals surface area contributed by atoms with Crippen molar-refractivity contribution in [3.05, 3.63) is 65.9 Å². The zero-order chi connectivity index (χ0) is 16.5. The van der Waals surface area contributed by atoms with Gasteiger partial charge in [0.05, 0.1) is 22.3 Å². The highest BCUT2D eigenvalue weighted by atomic mass is 35.5. The number of nitrogens with one attached hydrogen (secondary N) is 1. The van der Waals surface area contributed by atoms with E-state index in [9.17, 15) is 0 Å². The fraction of sp³-hybridized carbons (Fsp3) is 0.200. The van der Waals surface area contributed by atoms with Crippen LogP contribution in [-0.4, -0.2) is 21.3 Å². The molecule has 0 atom stereocenters. The number of halogens is 1. The second-order valence-corrected chi connectivity index (χ2v) is 6.07. The molecule has 0 bridgehead atoms. The first-order valence-corrected chi connectivity index (χ1v) is 8.24. The number of pyridine rings is 1. The predicted octanol–water partition coefficient (Wildman–Crippen LogP) is 4.51. The Labute approximate surface area is 153 Å². The van der Waals surface area contributed by atoms with E-state index in [-0.39, 0.29) is 12.4 Å². The van der Waals surface area contributed by atoms with Crippen LogP contribution in [-0.2, 0) is 13.5 Å². The molecule has 0 fully saturated rings. The van der Waals surface area contributed by atoms with Crippen LogP contribution in [0.25, 0.3) is 21.9 Å². The van der Waals surface area contributed by atoms with Gasteiger partial charge in [-0.15, -0.1) is 12.4 Å². The summed E-state index contributed by atoms with van der Waals surface area (Å²) in [4.78, 5) is 4.79. The van der Waals surface area contributed by atoms with Gasteiger partial charge in [-0.05, 0) is 25.0 Å². The number of benzene rings is 2. The summed E-state index contributed by atoms with van der Waals surface area (Å²) in [7, 11) is 1.95. The summed E-state index contributed by atoms with van der Waals surface area (Å²) < 4.78 is 1.86. The van der Waals surface area contributed by atoms with E-state index in [0.717, 1.165) is 46.3 Å². The van der Waals surface area contributed by atoms with E-state index in [1.807, 2.05) is 24.7 Å². The molecule has 0 saturated heterocycles. The maximum atomic E-state index is 4.79. The standard InChI is InChI=1S/C20H20N4.ClH/c1-14-18-19(21-13-12-15-8-4-3-5-9-15)16-10-6-7-11-17(16)22-20(18)24(2)23-14;/h3-11H,12-13H2,1-2H3,(H,21,22);1H. The van der Waals surface area contributed by atoms with Gasteiger partial charge in [-0.2, -0.15) is 5.10 Å². The minimum Gasteiger partial charge on any atom is -0.384 e. The molecule has 0 aliphatic heterocycles. The van der Waals surface area contributed by atoms with Crippen molar-refractivity contribution in [1.82, 2.24) is 14.8 Å². The molecule has 2 heterocycles. The van der Waals surface area contributed by atoms with Crippen molar-refractivity contribution < 1.29 is 0 Å². The number of nitrogens with zero attached hydrogens (tertiary/aromatic N) is 3. The van der Waals surface area contributed by atoms with E-state index in [2.05, 4.69) is 58.9 Å². The first kappa shape index (κ1) is 17.2. The van der Waals surface area contributed by atoms with Crippen molar-refractivity contribution in [2.24, 2.45) is 7.05 Å². The van der Waals surface area contributed by atoms with Crippen LogP contribution in [0.2, 0.25) is 0 Å². The van der Waals surface area contributed by atoms with Crippen LogP contribution < -0.4 is 5.32 Å². The SMILES string of the molecule is Cc1nn(C)c2nc3ccccc3c(NCCc3ccccc3)c12.Cl. The Morgan fingerprint density at radius 1 is 1.00 bits per heavy atom. The monoisotopic (exact) mass is 352 g/mol. The van der Waals surface area contributed by atoms with Gasteiger partial charge in [0.1, 0.15) is 0 Å². The zero-order valence-corrected chi connectivity index (χ0v) is 15.2. The molecule has 128 valence electrons. The van der Waals surface area contributed by atoms with Gasteiger partial charge in [-0.3, -0.25) is 4.68 Å². The van der Waals surface area contributed by atoms with E-state index in [0.29, 0.717) is 0 Å². The first-order valence-electron chi connectivity index (χ1n) is 8.24. The summed E-state index contributed by atoms with van der Waals surface area (Å²) in [5.74, 6) is 0. The molecule has 0 radical (unpaired) electrons. The molecule has 25 heavy (non-hydrogen) atoms. The van der Waals surface area contributed by atoms with Gasteiger partial charge in [-0.25, -0.2) is 4.98 Å². The van der Waals surface area contributed by atoms with Gasteiger partial charge in [0, 0.05) is 19.0 Å². The quantitative estimate of drug-likeness (QED) is 0.587. The van der Waals surface area contributed by atoms with Gasteiger partial charge in [-0.1, -0.05) is 48.5 Å². The van der Waals surface area contributed by atoms with Crippen molar-refractivity contribution in [1.29, 1.82) is 0 Å². The lowest BCUT2D eigenvalue weighted by Crippen LogP contribution is -2.06. The molecule has 2 aromatic heterocycles. The van der Waals surface area contributed by atoms with Crippen molar-refractivity contribution in [3.8, 4) is 0 Å². The summed E-state index contributed by atoms with van der Waals surface area (Å²) in [6.45, 7) is 2.92. The van der Waals surface area contributed by atoms with Crippen LogP contribution >= 0.6 is 12.4 Å². The second-order valence-electron chi connectivity index (χ2n) is 6.07. The molecule has 5 heteroatoms. The first-order chi connectivity index (χ1) is 11.7. The van der Waals surface area contributed by atoms with Crippen molar-refractivity contribution in [2.45, 2.75) is 13.3 Å². The predicted molar refractivity (Wildman–Crippen MR) is 107 cm³/mol. The molecule has 0 aliphatic carbocycles. The summed E-state index contributed by atoms with van der Waals surface area (Å²) in [5, 5.41) is 10.5. The topological polar surface area (TPSA) is 42.7 Å². The zero-order valence-electron chi connectivity index (χ0n) is 14.4. The molecule has 2 aromatic carbocycles. The lowest BCUT2D eigenvalue weighted by Gasteiger charge is -2.12. The van der Waals surface area contributed by atoms with Crippen molar-refractivity contribution in [2.75, 3.05) is 11.9 Å². The highest BCUT2D eigenvalue weighted by molar-refractivity contribution is 6.07. The van der Waals surface area contributed by atoms with E-state index in [1.165, 1.54) is 5.56 Å². The number of aryl methyl sites for hydroxylation is 2. The number of rotatable bonds is 4. The smallest absolute Gasteiger partial charge is 0.160 e. The Hall–Kier alpha value is -2.59. The Bertz CT molecular complexity index is 1010. The largest absolute Gasteiger partial charge is 0.384 e. The third-order valence-corrected chi connectivity index (χ3v) is 4.40. The third kappa shape index (κ3) is 3.17. The fourth-order valence-corrected chi connectivity index (χ4v) is 3.26. The molecule has 1 N–H and O–H groups in total. The van der Waals surface area contributed by atoms with E-state index < -0.39 is 0 Å². The Balaban J connectivity index is 0.00000182. The molecule has 0 amide bonds. The molecule has 4 nitrogen and oxygen atoms in total. The van der Waals surface area contributed by atoms with Crippen LogP contribution in [0, 0.1) is 6.92 Å². The highest BCUT2D eigenvalue weighted by Gasteiger charge is 2.15. The minimum absolute atomic E-state index is 0. The fourth-order valence-electron chi connectivity index (χ4n) is 3.26. The summed E-state index contributed by atoms with van der Waals surface area (Å²) in [6.07, 6.45) is 0.984. The Morgan fingerprint density at radius 2 is 1.72 bits per heavy atom. The Morgan fingerprint density at radius 3 is 2.52 bits per heavy atom. The molecule has 4 rings (SSSR count). The van der Waals surface area contributed by atoms with E-state index in [4.69, 9.17) is 4.98 Å². The van der Waals surface area contributed by atoms with Crippen LogP contribution in [0.3, 0.4) is 0 Å². The van der Waals surface area contributed by atoms with Crippen molar-refractivity contribution in [3.63, 3.8) is 0 Å². The maximum absolute atomic E-state index is 4.79. The average molecular weight is 353 g/mol. The molecule has 0 aliphatic rings. The average Bonchev–Trinajstić information content (AvgIpc) is 2.89. The lowest BCUT2D eigenvalue weighted by molar-refractivity contribution is 0.775. The summed E-state index contributed by atoms with van der Waals surface area (Å²) in [6, 6.07) is 18.8. The lowest BCUT2D eigenvalue weighted by atomic mass is 10.1. The molecular formula is C20H21ClN4. The van der Waals surface area contributed by atoms with Crippen LogP contribution in [0.4, 0.5) is 5.69 Å². The molecular weight excluding hydrogens is 332 g/mol. The third-order valence-electron chi connectivity index (χ3n) is 4.40. The summed E-state index contributed by atoms with van der Waals surface area (Å²) in [5.41, 5.74) is 5.40. The molecule has 0 unspecified atom stereocenters. The summed E-state index contributed by atoms with van der Waals surface area (Å²) >= 11 is 0. The van der Waals surface area contributed by atoms with Crippen LogP contribution in [0.1, 0.15) is 11.3 Å². The number of hydrogen-bond acceptors (Lipinski definition) is 3. The molecule has 4 aromatic rings. The minimum atomic E-state index is 0. The van der Waals surface area contributed by atoms with Crippen LogP contribution in [0.5, 0.6) is 0 Å². The molecule has 0 saturated carbocycles. The molecule has 0 spiro atoms. The highest BCUT2D eigenvalue weighted by Crippen LogP contribution is 2.32. The van der Waals surface area contributed by atoms with Gasteiger partial charge in [0.2, 0.25) is 0 Å². The van der Waals surface area contributed by atoms with Gasteiger partial charge in [0.25, 0.3) is 0 Å². The van der Waals surface area contributed by atoms with E-state index in [1.54, 1.807) is 0 Å². The van der Waals surface area contributed by atoms with Gasteiger partial charge >= 0.3 is 0 Å². The number of para-hydroxylation sites is 1. The number of fused-ring (bicyclic) bond motifs is 2. The Kier molecular flexibility index (Phi) is 4.91. The number of aromatic nitrogens is 3. The second kappa shape index (κ2) is 7.11. The van der Waals surface area contributed by atoms with Crippen molar-refractivity contribution >= 4 is 40.0 Å². The van der Waals surface area contributed by atoms with Crippen LogP contribution in [0.15, 0.2) is 54.6 Å². The van der Waals surface area contributed by atoms with E-state index >= 15 is 0 Å². The van der Waals surface area contributed by atoms with Gasteiger partial charge in [0.15, 0.2) is 5.65 Å². The maximum Gasteiger partial charge on any atom is 0.160 e. The number of hydrogen-bond donors (Lipinski definition) is 1. The normalized spacial score (nSPS) is 10.8. The van der Waals surface area contributed by atoms with Gasteiger partial charge < -0.3 is 5.32 Å².